The Hall–Kier alpha value is -2.63. The van der Waals surface area contributed by atoms with Gasteiger partial charge in [-0.2, -0.15) is 0 Å². The smallest absolute Gasteiger partial charge is 0.267 e. The number of rotatable bonds is 5. The molecule has 1 aliphatic heterocycles. The Labute approximate surface area is 135 Å². The summed E-state index contributed by atoms with van der Waals surface area (Å²) in [5, 5.41) is 3.06. The van der Waals surface area contributed by atoms with Gasteiger partial charge in [-0.05, 0) is 18.6 Å². The van der Waals surface area contributed by atoms with Crippen LogP contribution in [-0.2, 0) is 0 Å². The van der Waals surface area contributed by atoms with Crippen LogP contribution in [0.3, 0.4) is 0 Å². The molecule has 1 atom stereocenters. The summed E-state index contributed by atoms with van der Waals surface area (Å²) in [6.45, 7) is 1.65. The number of anilines is 1. The van der Waals surface area contributed by atoms with Crippen molar-refractivity contribution in [1.82, 2.24) is 10.3 Å². The standard InChI is InChI=1S/C17H21N3O3/c1-22-14-8-13(9-15(10-14)23-2)20-7-5-12(11-20)19-17(21)16-4-3-6-18-16/h3-4,6,8-10,12,18H,5,7,11H2,1-2H3,(H,19,21)/t12-/m0/s1. The molecule has 3 rings (SSSR count). The van der Waals surface area contributed by atoms with Crippen molar-refractivity contribution < 1.29 is 14.3 Å². The molecule has 1 amide bonds. The molecule has 1 fully saturated rings. The summed E-state index contributed by atoms with van der Waals surface area (Å²) in [6, 6.07) is 9.54. The number of carbonyl (C=O) groups is 1. The van der Waals surface area contributed by atoms with E-state index in [1.807, 2.05) is 24.3 Å². The Kier molecular flexibility index (Phi) is 4.41. The first-order valence-corrected chi connectivity index (χ1v) is 7.62. The number of nitrogens with one attached hydrogen (secondary N) is 2. The summed E-state index contributed by atoms with van der Waals surface area (Å²) in [5.74, 6) is 1.46. The lowest BCUT2D eigenvalue weighted by molar-refractivity contribution is 0.0936. The van der Waals surface area contributed by atoms with Crippen LogP contribution in [0.2, 0.25) is 0 Å². The average molecular weight is 315 g/mol. The molecule has 23 heavy (non-hydrogen) atoms. The van der Waals surface area contributed by atoms with Crippen LogP contribution in [-0.4, -0.2) is 44.2 Å². The number of aromatic amines is 1. The van der Waals surface area contributed by atoms with Gasteiger partial charge in [-0.15, -0.1) is 0 Å². The topological polar surface area (TPSA) is 66.6 Å². The Bertz CT molecular complexity index is 647. The number of benzene rings is 1. The zero-order valence-corrected chi connectivity index (χ0v) is 13.3. The lowest BCUT2D eigenvalue weighted by Crippen LogP contribution is -2.37. The molecule has 2 heterocycles. The molecule has 0 bridgehead atoms. The molecule has 0 radical (unpaired) electrons. The van der Waals surface area contributed by atoms with E-state index in [-0.39, 0.29) is 11.9 Å². The predicted octanol–water partition coefficient (Wildman–Crippen LogP) is 2.04. The van der Waals surface area contributed by atoms with Crippen LogP contribution in [0.5, 0.6) is 11.5 Å². The Morgan fingerprint density at radius 3 is 2.61 bits per heavy atom. The number of amides is 1. The molecular formula is C17H21N3O3. The van der Waals surface area contributed by atoms with Crippen molar-refractivity contribution in [3.63, 3.8) is 0 Å². The molecule has 6 heteroatoms. The molecular weight excluding hydrogens is 294 g/mol. The SMILES string of the molecule is COc1cc(OC)cc(N2CC[C@H](NC(=O)c3ccc[nH]3)C2)c1. The van der Waals surface area contributed by atoms with E-state index in [0.29, 0.717) is 5.69 Å². The first-order valence-electron chi connectivity index (χ1n) is 7.62. The second-order valence-electron chi connectivity index (χ2n) is 5.56. The molecule has 1 saturated heterocycles. The lowest BCUT2D eigenvalue weighted by atomic mass is 10.2. The molecule has 2 aromatic rings. The Morgan fingerprint density at radius 1 is 1.26 bits per heavy atom. The van der Waals surface area contributed by atoms with Crippen LogP contribution in [0.15, 0.2) is 36.5 Å². The molecule has 0 aliphatic carbocycles. The number of ether oxygens (including phenoxy) is 2. The van der Waals surface area contributed by atoms with Crippen molar-refractivity contribution in [3.05, 3.63) is 42.2 Å². The van der Waals surface area contributed by atoms with Gasteiger partial charge in [-0.25, -0.2) is 0 Å². The minimum absolute atomic E-state index is 0.0647. The van der Waals surface area contributed by atoms with Crippen molar-refractivity contribution in [2.45, 2.75) is 12.5 Å². The number of aromatic nitrogens is 1. The van der Waals surface area contributed by atoms with Gasteiger partial charge in [0.25, 0.3) is 5.91 Å². The fraction of sp³-hybridized carbons (Fsp3) is 0.353. The summed E-state index contributed by atoms with van der Waals surface area (Å²) in [6.07, 6.45) is 2.66. The maximum Gasteiger partial charge on any atom is 0.267 e. The highest BCUT2D eigenvalue weighted by molar-refractivity contribution is 5.92. The zero-order chi connectivity index (χ0) is 16.2. The van der Waals surface area contributed by atoms with Gasteiger partial charge in [0.2, 0.25) is 0 Å². The Balaban J connectivity index is 1.66. The molecule has 1 aromatic carbocycles. The van der Waals surface area contributed by atoms with Crippen LogP contribution in [0, 0.1) is 0 Å². The minimum Gasteiger partial charge on any atom is -0.497 e. The quantitative estimate of drug-likeness (QED) is 0.886. The first-order chi connectivity index (χ1) is 11.2. The van der Waals surface area contributed by atoms with Crippen molar-refractivity contribution >= 4 is 11.6 Å². The molecule has 122 valence electrons. The highest BCUT2D eigenvalue weighted by Gasteiger charge is 2.25. The molecule has 1 aromatic heterocycles. The van der Waals surface area contributed by atoms with E-state index in [2.05, 4.69) is 15.2 Å². The Morgan fingerprint density at radius 2 is 2.00 bits per heavy atom. The van der Waals surface area contributed by atoms with E-state index in [1.165, 1.54) is 0 Å². The van der Waals surface area contributed by atoms with Crippen LogP contribution in [0.4, 0.5) is 5.69 Å². The van der Waals surface area contributed by atoms with Gasteiger partial charge in [0.05, 0.1) is 14.2 Å². The van der Waals surface area contributed by atoms with Gasteiger partial charge in [-0.3, -0.25) is 4.79 Å². The molecule has 1 aliphatic rings. The third-order valence-corrected chi connectivity index (χ3v) is 4.07. The number of hydrogen-bond acceptors (Lipinski definition) is 4. The van der Waals surface area contributed by atoms with Crippen molar-refractivity contribution in [2.75, 3.05) is 32.2 Å². The minimum atomic E-state index is -0.0647. The fourth-order valence-electron chi connectivity index (χ4n) is 2.82. The van der Waals surface area contributed by atoms with Gasteiger partial charge >= 0.3 is 0 Å². The molecule has 0 saturated carbocycles. The number of hydrogen-bond donors (Lipinski definition) is 2. The summed E-state index contributed by atoms with van der Waals surface area (Å²) >= 11 is 0. The zero-order valence-electron chi connectivity index (χ0n) is 13.3. The van der Waals surface area contributed by atoms with E-state index in [9.17, 15) is 4.79 Å². The summed E-state index contributed by atoms with van der Waals surface area (Å²) in [5.41, 5.74) is 1.63. The highest BCUT2D eigenvalue weighted by atomic mass is 16.5. The normalized spacial score (nSPS) is 17.1. The molecule has 0 spiro atoms. The van der Waals surface area contributed by atoms with Gasteiger partial charge in [0.15, 0.2) is 0 Å². The van der Waals surface area contributed by atoms with Crippen molar-refractivity contribution in [1.29, 1.82) is 0 Å². The second kappa shape index (κ2) is 6.64. The van der Waals surface area contributed by atoms with E-state index < -0.39 is 0 Å². The molecule has 6 nitrogen and oxygen atoms in total. The van der Waals surface area contributed by atoms with E-state index in [1.54, 1.807) is 26.5 Å². The number of methoxy groups -OCH3 is 2. The second-order valence-corrected chi connectivity index (χ2v) is 5.56. The maximum atomic E-state index is 12.1. The largest absolute Gasteiger partial charge is 0.497 e. The van der Waals surface area contributed by atoms with Crippen LogP contribution in [0.1, 0.15) is 16.9 Å². The van der Waals surface area contributed by atoms with Crippen molar-refractivity contribution in [3.8, 4) is 11.5 Å². The first kappa shape index (κ1) is 15.3. The van der Waals surface area contributed by atoms with Crippen LogP contribution in [0.25, 0.3) is 0 Å². The van der Waals surface area contributed by atoms with E-state index >= 15 is 0 Å². The molecule has 2 N–H and O–H groups in total. The van der Waals surface area contributed by atoms with Gasteiger partial charge in [0, 0.05) is 49.2 Å². The van der Waals surface area contributed by atoms with Crippen LogP contribution >= 0.6 is 0 Å². The average Bonchev–Trinajstić information content (AvgIpc) is 3.26. The summed E-state index contributed by atoms with van der Waals surface area (Å²) in [7, 11) is 3.28. The molecule has 0 unspecified atom stereocenters. The fourth-order valence-corrected chi connectivity index (χ4v) is 2.82. The monoisotopic (exact) mass is 315 g/mol. The third-order valence-electron chi connectivity index (χ3n) is 4.07. The van der Waals surface area contributed by atoms with Crippen molar-refractivity contribution in [2.24, 2.45) is 0 Å². The third kappa shape index (κ3) is 3.41. The van der Waals surface area contributed by atoms with Gasteiger partial charge in [0.1, 0.15) is 17.2 Å². The van der Waals surface area contributed by atoms with Gasteiger partial charge in [-0.1, -0.05) is 0 Å². The lowest BCUT2D eigenvalue weighted by Gasteiger charge is -2.20. The van der Waals surface area contributed by atoms with E-state index in [4.69, 9.17) is 9.47 Å². The number of H-pyrrole nitrogens is 1. The summed E-state index contributed by atoms with van der Waals surface area (Å²) < 4.78 is 10.6. The maximum absolute atomic E-state index is 12.1. The summed E-state index contributed by atoms with van der Waals surface area (Å²) in [4.78, 5) is 17.3. The number of nitrogens with zero attached hydrogens (tertiary/aromatic N) is 1. The van der Waals surface area contributed by atoms with Gasteiger partial charge < -0.3 is 24.7 Å². The van der Waals surface area contributed by atoms with Crippen LogP contribution < -0.4 is 19.7 Å². The number of carbonyl (C=O) groups excluding carboxylic acids is 1. The highest BCUT2D eigenvalue weighted by Crippen LogP contribution is 2.30. The predicted molar refractivity (Wildman–Crippen MR) is 88.4 cm³/mol. The van der Waals surface area contributed by atoms with E-state index in [0.717, 1.165) is 36.7 Å².